The summed E-state index contributed by atoms with van der Waals surface area (Å²) >= 11 is 0. The van der Waals surface area contributed by atoms with E-state index in [0.29, 0.717) is 0 Å². The number of rotatable bonds is 1. The summed E-state index contributed by atoms with van der Waals surface area (Å²) in [7, 11) is 0. The van der Waals surface area contributed by atoms with Crippen LogP contribution in [-0.4, -0.2) is 19.0 Å². The maximum absolute atomic E-state index is 12.9. The standard InChI is InChI=1S/C18H18N2O/c21-18(15-8-7-13-9-10-19-16(13)12-15)20-11-3-5-14-4-1-2-6-17(14)20/h1-2,4,6-8,12,19H,3,5,9-11H2. The van der Waals surface area contributed by atoms with Gasteiger partial charge in [0.05, 0.1) is 0 Å². The molecule has 106 valence electrons. The normalized spacial score (nSPS) is 16.1. The number of hydrogen-bond donors (Lipinski definition) is 1. The third-order valence-corrected chi connectivity index (χ3v) is 4.42. The van der Waals surface area contributed by atoms with Crippen LogP contribution in [0.3, 0.4) is 0 Å². The third-order valence-electron chi connectivity index (χ3n) is 4.42. The molecule has 1 N–H and O–H groups in total. The Labute approximate surface area is 124 Å². The summed E-state index contributed by atoms with van der Waals surface area (Å²) in [5.41, 5.74) is 5.55. The molecular formula is C18H18N2O. The SMILES string of the molecule is O=C(c1ccc2c(c1)NCC2)N1CCCc2ccccc21. The number of anilines is 2. The highest BCUT2D eigenvalue weighted by atomic mass is 16.2. The number of aryl methyl sites for hydroxylation is 1. The van der Waals surface area contributed by atoms with Gasteiger partial charge in [0.1, 0.15) is 0 Å². The van der Waals surface area contributed by atoms with Crippen molar-refractivity contribution in [1.29, 1.82) is 0 Å². The molecule has 0 saturated heterocycles. The average molecular weight is 278 g/mol. The summed E-state index contributed by atoms with van der Waals surface area (Å²) in [5, 5.41) is 3.35. The molecule has 21 heavy (non-hydrogen) atoms. The van der Waals surface area contributed by atoms with Gasteiger partial charge in [0, 0.05) is 30.0 Å². The predicted octanol–water partition coefficient (Wildman–Crippen LogP) is 3.25. The molecule has 0 aliphatic carbocycles. The van der Waals surface area contributed by atoms with Crippen LogP contribution in [0.5, 0.6) is 0 Å². The Kier molecular flexibility index (Phi) is 2.92. The average Bonchev–Trinajstić information content (AvgIpc) is 3.01. The number of hydrogen-bond acceptors (Lipinski definition) is 2. The van der Waals surface area contributed by atoms with Crippen LogP contribution in [0.1, 0.15) is 27.9 Å². The second-order valence-electron chi connectivity index (χ2n) is 5.74. The Hall–Kier alpha value is -2.29. The number of carbonyl (C=O) groups excluding carboxylic acids is 1. The van der Waals surface area contributed by atoms with Crippen LogP contribution < -0.4 is 10.2 Å². The molecule has 4 rings (SSSR count). The molecular weight excluding hydrogens is 260 g/mol. The highest BCUT2D eigenvalue weighted by Gasteiger charge is 2.24. The second-order valence-corrected chi connectivity index (χ2v) is 5.74. The largest absolute Gasteiger partial charge is 0.384 e. The first-order valence-corrected chi connectivity index (χ1v) is 7.59. The lowest BCUT2D eigenvalue weighted by Crippen LogP contribution is -2.35. The zero-order valence-corrected chi connectivity index (χ0v) is 11.9. The smallest absolute Gasteiger partial charge is 0.258 e. The number of nitrogens with one attached hydrogen (secondary N) is 1. The molecule has 0 fully saturated rings. The molecule has 0 unspecified atom stereocenters. The zero-order chi connectivity index (χ0) is 14.2. The molecule has 3 heteroatoms. The predicted molar refractivity (Wildman–Crippen MR) is 85.1 cm³/mol. The van der Waals surface area contributed by atoms with Gasteiger partial charge < -0.3 is 10.2 Å². The van der Waals surface area contributed by atoms with E-state index in [1.807, 2.05) is 29.2 Å². The highest BCUT2D eigenvalue weighted by Crippen LogP contribution is 2.29. The minimum Gasteiger partial charge on any atom is -0.384 e. The summed E-state index contributed by atoms with van der Waals surface area (Å²) in [5.74, 6) is 0.110. The van der Waals surface area contributed by atoms with Gasteiger partial charge in [-0.3, -0.25) is 4.79 Å². The monoisotopic (exact) mass is 278 g/mol. The molecule has 0 radical (unpaired) electrons. The van der Waals surface area contributed by atoms with Gasteiger partial charge in [0.2, 0.25) is 0 Å². The van der Waals surface area contributed by atoms with Crippen LogP contribution in [0.4, 0.5) is 11.4 Å². The Balaban J connectivity index is 1.70. The van der Waals surface area contributed by atoms with E-state index < -0.39 is 0 Å². The van der Waals surface area contributed by atoms with E-state index in [4.69, 9.17) is 0 Å². The zero-order valence-electron chi connectivity index (χ0n) is 11.9. The van der Waals surface area contributed by atoms with Crippen molar-refractivity contribution < 1.29 is 4.79 Å². The Morgan fingerprint density at radius 3 is 2.90 bits per heavy atom. The summed E-state index contributed by atoms with van der Waals surface area (Å²) in [4.78, 5) is 14.8. The first-order chi connectivity index (χ1) is 10.3. The van der Waals surface area contributed by atoms with Gasteiger partial charge in [0.15, 0.2) is 0 Å². The maximum atomic E-state index is 12.9. The maximum Gasteiger partial charge on any atom is 0.258 e. The lowest BCUT2D eigenvalue weighted by molar-refractivity contribution is 0.0985. The molecule has 2 heterocycles. The van der Waals surface area contributed by atoms with E-state index in [9.17, 15) is 4.79 Å². The van der Waals surface area contributed by atoms with Gasteiger partial charge in [-0.05, 0) is 48.6 Å². The van der Waals surface area contributed by atoms with E-state index in [-0.39, 0.29) is 5.91 Å². The summed E-state index contributed by atoms with van der Waals surface area (Å²) in [6, 6.07) is 14.3. The van der Waals surface area contributed by atoms with E-state index in [1.165, 1.54) is 11.1 Å². The lowest BCUT2D eigenvalue weighted by atomic mass is 10.0. The van der Waals surface area contributed by atoms with Crippen LogP contribution >= 0.6 is 0 Å². The van der Waals surface area contributed by atoms with E-state index >= 15 is 0 Å². The van der Waals surface area contributed by atoms with Gasteiger partial charge in [0.25, 0.3) is 5.91 Å². The van der Waals surface area contributed by atoms with Crippen LogP contribution in [0.25, 0.3) is 0 Å². The fourth-order valence-corrected chi connectivity index (χ4v) is 3.32. The second kappa shape index (κ2) is 4.92. The number of amides is 1. The number of para-hydroxylation sites is 1. The van der Waals surface area contributed by atoms with Gasteiger partial charge in [-0.15, -0.1) is 0 Å². The van der Waals surface area contributed by atoms with Gasteiger partial charge in [-0.2, -0.15) is 0 Å². The first-order valence-electron chi connectivity index (χ1n) is 7.59. The third kappa shape index (κ3) is 2.09. The highest BCUT2D eigenvalue weighted by molar-refractivity contribution is 6.07. The van der Waals surface area contributed by atoms with E-state index in [1.54, 1.807) is 0 Å². The topological polar surface area (TPSA) is 32.3 Å². The Bertz CT molecular complexity index is 708. The van der Waals surface area contributed by atoms with Crippen LogP contribution in [0, 0.1) is 0 Å². The first kappa shape index (κ1) is 12.5. The molecule has 2 aromatic rings. The number of benzene rings is 2. The van der Waals surface area contributed by atoms with Crippen molar-refractivity contribution >= 4 is 17.3 Å². The number of nitrogens with zero attached hydrogens (tertiary/aromatic N) is 1. The number of carbonyl (C=O) groups is 1. The molecule has 2 aromatic carbocycles. The number of fused-ring (bicyclic) bond motifs is 2. The van der Waals surface area contributed by atoms with Crippen LogP contribution in [0.2, 0.25) is 0 Å². The molecule has 0 bridgehead atoms. The van der Waals surface area contributed by atoms with Crippen molar-refractivity contribution in [1.82, 2.24) is 0 Å². The molecule has 2 aliphatic rings. The van der Waals surface area contributed by atoms with Crippen molar-refractivity contribution in [2.45, 2.75) is 19.3 Å². The summed E-state index contributed by atoms with van der Waals surface area (Å²) in [6.07, 6.45) is 3.15. The fraction of sp³-hybridized carbons (Fsp3) is 0.278. The molecule has 2 aliphatic heterocycles. The Morgan fingerprint density at radius 2 is 1.95 bits per heavy atom. The van der Waals surface area contributed by atoms with Gasteiger partial charge in [-0.1, -0.05) is 24.3 Å². The molecule has 0 aromatic heterocycles. The minimum atomic E-state index is 0.110. The van der Waals surface area contributed by atoms with E-state index in [2.05, 4.69) is 23.5 Å². The van der Waals surface area contributed by atoms with Gasteiger partial charge >= 0.3 is 0 Å². The van der Waals surface area contributed by atoms with Crippen molar-refractivity contribution in [2.24, 2.45) is 0 Å². The molecule has 0 saturated carbocycles. The van der Waals surface area contributed by atoms with Crippen LogP contribution in [-0.2, 0) is 12.8 Å². The molecule has 0 spiro atoms. The minimum absolute atomic E-state index is 0.110. The Morgan fingerprint density at radius 1 is 1.05 bits per heavy atom. The molecule has 0 atom stereocenters. The quantitative estimate of drug-likeness (QED) is 0.868. The molecule has 1 amide bonds. The van der Waals surface area contributed by atoms with E-state index in [0.717, 1.165) is 49.3 Å². The van der Waals surface area contributed by atoms with Crippen molar-refractivity contribution in [3.05, 3.63) is 59.2 Å². The van der Waals surface area contributed by atoms with Crippen molar-refractivity contribution in [2.75, 3.05) is 23.3 Å². The molecule has 3 nitrogen and oxygen atoms in total. The van der Waals surface area contributed by atoms with Crippen molar-refractivity contribution in [3.8, 4) is 0 Å². The summed E-state index contributed by atoms with van der Waals surface area (Å²) in [6.45, 7) is 1.78. The fourth-order valence-electron chi connectivity index (χ4n) is 3.32. The van der Waals surface area contributed by atoms with Crippen LogP contribution in [0.15, 0.2) is 42.5 Å². The van der Waals surface area contributed by atoms with Gasteiger partial charge in [-0.25, -0.2) is 0 Å². The lowest BCUT2D eigenvalue weighted by Gasteiger charge is -2.29. The summed E-state index contributed by atoms with van der Waals surface area (Å²) < 4.78 is 0. The van der Waals surface area contributed by atoms with Crippen molar-refractivity contribution in [3.63, 3.8) is 0 Å².